The molecule has 3 rings (SSSR count). The maximum absolute atomic E-state index is 13.5. The Hall–Kier alpha value is -3.16. The van der Waals surface area contributed by atoms with Gasteiger partial charge in [-0.05, 0) is 46.6 Å². The lowest BCUT2D eigenvalue weighted by Crippen LogP contribution is -2.23. The third-order valence-corrected chi connectivity index (χ3v) is 6.61. The average Bonchev–Trinajstić information content (AvgIpc) is 2.83. The summed E-state index contributed by atoms with van der Waals surface area (Å²) in [5, 5.41) is 12.0. The molecule has 0 saturated carbocycles. The Balaban J connectivity index is 1.87. The number of nitrogens with one attached hydrogen (secondary N) is 1. The first-order chi connectivity index (χ1) is 16.5. The van der Waals surface area contributed by atoms with E-state index in [0.29, 0.717) is 11.1 Å². The van der Waals surface area contributed by atoms with E-state index in [0.717, 1.165) is 13.0 Å². The van der Waals surface area contributed by atoms with Gasteiger partial charge in [0.15, 0.2) is 0 Å². The molecule has 0 fully saturated rings. The molecule has 1 aromatic heterocycles. The predicted octanol–water partition coefficient (Wildman–Crippen LogP) is 6.78. The Labute approximate surface area is 211 Å². The zero-order chi connectivity index (χ0) is 25.9. The Kier molecular flexibility index (Phi) is 8.03. The van der Waals surface area contributed by atoms with Gasteiger partial charge in [0.25, 0.3) is 5.91 Å². The number of alkyl halides is 3. The van der Waals surface area contributed by atoms with Crippen molar-refractivity contribution in [1.82, 2.24) is 10.3 Å². The van der Waals surface area contributed by atoms with E-state index in [1.165, 1.54) is 19.2 Å². The zero-order valence-electron chi connectivity index (χ0n) is 18.3. The van der Waals surface area contributed by atoms with Gasteiger partial charge in [0.05, 0.1) is 45.0 Å². The van der Waals surface area contributed by atoms with Crippen LogP contribution in [0.15, 0.2) is 46.9 Å². The minimum absolute atomic E-state index is 0.00637. The monoisotopic (exact) mass is 569 g/mol. The molecule has 3 aromatic rings. The van der Waals surface area contributed by atoms with E-state index in [2.05, 4.69) is 26.2 Å². The number of aromatic nitrogens is 1. The Morgan fingerprint density at radius 3 is 2.49 bits per heavy atom. The molecule has 0 aliphatic carbocycles. The van der Waals surface area contributed by atoms with Gasteiger partial charge < -0.3 is 10.1 Å². The minimum atomic E-state index is -4.56. The first-order valence-corrected chi connectivity index (χ1v) is 11.2. The topological polar surface area (TPSA) is 75.0 Å². The number of ether oxygens (including phenoxy) is 1. The fourth-order valence-corrected chi connectivity index (χ4v) is 4.08. The van der Waals surface area contributed by atoms with Crippen molar-refractivity contribution in [3.63, 3.8) is 0 Å². The third-order valence-electron chi connectivity index (χ3n) is 5.21. The van der Waals surface area contributed by atoms with Gasteiger partial charge in [-0.2, -0.15) is 18.4 Å². The van der Waals surface area contributed by atoms with Crippen LogP contribution in [0.3, 0.4) is 0 Å². The Morgan fingerprint density at radius 2 is 1.91 bits per heavy atom. The van der Waals surface area contributed by atoms with Gasteiger partial charge in [0.1, 0.15) is 17.6 Å². The van der Waals surface area contributed by atoms with E-state index in [1.807, 2.05) is 6.07 Å². The summed E-state index contributed by atoms with van der Waals surface area (Å²) in [5.74, 6) is -2.85. The van der Waals surface area contributed by atoms with Gasteiger partial charge in [0.2, 0.25) is 0 Å². The lowest BCUT2D eigenvalue weighted by Gasteiger charge is -2.19. The summed E-state index contributed by atoms with van der Waals surface area (Å²) in [5.41, 5.74) is 0.638. The lowest BCUT2D eigenvalue weighted by atomic mass is 10.0. The van der Waals surface area contributed by atoms with Crippen molar-refractivity contribution in [2.24, 2.45) is 0 Å². The van der Waals surface area contributed by atoms with Crippen LogP contribution in [-0.2, 0) is 6.54 Å². The van der Waals surface area contributed by atoms with E-state index in [9.17, 15) is 27.6 Å². The van der Waals surface area contributed by atoms with Crippen LogP contribution in [0.25, 0.3) is 11.3 Å². The fourth-order valence-electron chi connectivity index (χ4n) is 3.22. The number of nitriles is 1. The molecular weight excluding hydrogens is 554 g/mol. The molecule has 0 bridgehead atoms. The molecule has 1 atom stereocenters. The molecule has 1 N–H and O–H groups in total. The minimum Gasteiger partial charge on any atom is -0.496 e. The number of hydrogen-bond acceptors (Lipinski definition) is 4. The lowest BCUT2D eigenvalue weighted by molar-refractivity contribution is -0.147. The van der Waals surface area contributed by atoms with Crippen LogP contribution in [0.2, 0.25) is 5.02 Å². The van der Waals surface area contributed by atoms with Crippen LogP contribution in [0.1, 0.15) is 40.0 Å². The number of methoxy groups -OCH3 is 1. The molecule has 0 radical (unpaired) electrons. The van der Waals surface area contributed by atoms with Crippen molar-refractivity contribution < 1.29 is 27.1 Å². The summed E-state index contributed by atoms with van der Waals surface area (Å²) in [4.78, 5) is 16.6. The molecule has 1 unspecified atom stereocenters. The number of carbonyl (C=O) groups is 1. The molecule has 1 heterocycles. The number of nitrogens with zero attached hydrogens (tertiary/aromatic N) is 2. The van der Waals surface area contributed by atoms with E-state index >= 15 is 0 Å². The third kappa shape index (κ3) is 5.74. The normalized spacial score (nSPS) is 12.1. The quantitative estimate of drug-likeness (QED) is 0.332. The van der Waals surface area contributed by atoms with Gasteiger partial charge in [-0.15, -0.1) is 0 Å². The van der Waals surface area contributed by atoms with Gasteiger partial charge in [0, 0.05) is 12.1 Å². The molecule has 35 heavy (non-hydrogen) atoms. The molecule has 0 aliphatic heterocycles. The van der Waals surface area contributed by atoms with Crippen LogP contribution < -0.4 is 10.1 Å². The summed E-state index contributed by atoms with van der Waals surface area (Å²) in [6.07, 6.45) is -4.56. The van der Waals surface area contributed by atoms with E-state index in [-0.39, 0.29) is 44.3 Å². The van der Waals surface area contributed by atoms with Crippen LogP contribution in [0.4, 0.5) is 17.6 Å². The molecule has 0 aliphatic rings. The fraction of sp³-hybridized carbons (Fsp3) is 0.208. The molecule has 2 aromatic carbocycles. The molecule has 11 heteroatoms. The number of halogens is 6. The highest BCUT2D eigenvalue weighted by molar-refractivity contribution is 9.10. The standard InChI is InChI=1S/C24H17BrClF4N3O2/c1-12(24(28,29)30)21-19(25)20(26)17(10-31)22(33-21)14-5-3-13(4-6-14)11-32-23(34)16-9-15(27)7-8-18(16)35-2/h3-9,12H,11H2,1-2H3,(H,32,34). The highest BCUT2D eigenvalue weighted by atomic mass is 79.9. The second kappa shape index (κ2) is 10.6. The number of hydrogen-bond donors (Lipinski definition) is 1. The van der Waals surface area contributed by atoms with Gasteiger partial charge in [-0.25, -0.2) is 9.37 Å². The van der Waals surface area contributed by atoms with Gasteiger partial charge >= 0.3 is 6.18 Å². The maximum atomic E-state index is 13.5. The maximum Gasteiger partial charge on any atom is 0.397 e. The van der Waals surface area contributed by atoms with Gasteiger partial charge in [-0.1, -0.05) is 35.9 Å². The van der Waals surface area contributed by atoms with Crippen LogP contribution in [0.5, 0.6) is 5.75 Å². The number of benzene rings is 2. The van der Waals surface area contributed by atoms with Crippen molar-refractivity contribution in [2.45, 2.75) is 25.6 Å². The summed E-state index contributed by atoms with van der Waals surface area (Å²) in [6, 6.07) is 11.8. The van der Waals surface area contributed by atoms with Crippen molar-refractivity contribution in [3.8, 4) is 23.1 Å². The van der Waals surface area contributed by atoms with Crippen molar-refractivity contribution >= 4 is 33.4 Å². The van der Waals surface area contributed by atoms with Crippen molar-refractivity contribution in [1.29, 1.82) is 5.26 Å². The number of pyridine rings is 1. The van der Waals surface area contributed by atoms with Crippen LogP contribution in [-0.4, -0.2) is 24.2 Å². The van der Waals surface area contributed by atoms with E-state index in [1.54, 1.807) is 24.3 Å². The second-order valence-corrected chi connectivity index (χ2v) is 8.62. The number of rotatable bonds is 6. The van der Waals surface area contributed by atoms with Crippen molar-refractivity contribution in [2.75, 3.05) is 7.11 Å². The number of amides is 1. The average molecular weight is 571 g/mol. The first-order valence-electron chi connectivity index (χ1n) is 10.0. The summed E-state index contributed by atoms with van der Waals surface area (Å²) in [7, 11) is 1.36. The largest absolute Gasteiger partial charge is 0.496 e. The molecule has 0 saturated heterocycles. The number of carbonyl (C=O) groups excluding carboxylic acids is 1. The molecule has 0 spiro atoms. The van der Waals surface area contributed by atoms with Crippen molar-refractivity contribution in [3.05, 3.63) is 80.2 Å². The summed E-state index contributed by atoms with van der Waals surface area (Å²) >= 11 is 9.23. The molecular formula is C24H17BrClF4N3O2. The summed E-state index contributed by atoms with van der Waals surface area (Å²) < 4.78 is 58.5. The SMILES string of the molecule is COc1ccc(F)cc1C(=O)NCc1ccc(-c2nc(C(C)C(F)(F)F)c(Br)c(Cl)c2C#N)cc1. The van der Waals surface area contributed by atoms with Crippen LogP contribution in [0, 0.1) is 17.1 Å². The Morgan fingerprint density at radius 1 is 1.26 bits per heavy atom. The van der Waals surface area contributed by atoms with E-state index < -0.39 is 23.8 Å². The second-order valence-electron chi connectivity index (χ2n) is 7.45. The predicted molar refractivity (Wildman–Crippen MR) is 126 cm³/mol. The Bertz CT molecular complexity index is 1310. The van der Waals surface area contributed by atoms with E-state index in [4.69, 9.17) is 16.3 Å². The smallest absolute Gasteiger partial charge is 0.397 e. The molecule has 182 valence electrons. The highest BCUT2D eigenvalue weighted by Crippen LogP contribution is 2.42. The zero-order valence-corrected chi connectivity index (χ0v) is 20.6. The first kappa shape index (κ1) is 26.4. The molecule has 1 amide bonds. The molecule has 5 nitrogen and oxygen atoms in total. The summed E-state index contributed by atoms with van der Waals surface area (Å²) in [6.45, 7) is 1.04. The van der Waals surface area contributed by atoms with Gasteiger partial charge in [-0.3, -0.25) is 4.79 Å². The highest BCUT2D eigenvalue weighted by Gasteiger charge is 2.40. The van der Waals surface area contributed by atoms with Crippen LogP contribution >= 0.6 is 27.5 Å².